The zero-order valence-electron chi connectivity index (χ0n) is 9.76. The smallest absolute Gasteiger partial charge is 0.0850 e. The maximum absolute atomic E-state index is 5.90. The first-order valence-corrected chi connectivity index (χ1v) is 6.09. The van der Waals surface area contributed by atoms with Crippen molar-refractivity contribution in [2.45, 2.75) is 31.2 Å². The maximum atomic E-state index is 5.90. The summed E-state index contributed by atoms with van der Waals surface area (Å²) in [6, 6.07) is 6.27. The minimum Gasteiger partial charge on any atom is -0.373 e. The van der Waals surface area contributed by atoms with Crippen molar-refractivity contribution in [2.75, 3.05) is 13.2 Å². The second kappa shape index (κ2) is 4.38. The lowest BCUT2D eigenvalue weighted by molar-refractivity contribution is 0.404. The van der Waals surface area contributed by atoms with Gasteiger partial charge in [0.25, 0.3) is 0 Å². The van der Waals surface area contributed by atoms with Gasteiger partial charge in [-0.3, -0.25) is 0 Å². The van der Waals surface area contributed by atoms with Gasteiger partial charge >= 0.3 is 0 Å². The highest BCUT2D eigenvalue weighted by molar-refractivity contribution is 5.38. The van der Waals surface area contributed by atoms with E-state index in [1.165, 1.54) is 11.1 Å². The third-order valence-corrected chi connectivity index (χ3v) is 3.32. The summed E-state index contributed by atoms with van der Waals surface area (Å²) in [6.45, 7) is 1.71. The molecule has 2 aliphatic rings. The molecule has 2 heterocycles. The lowest BCUT2D eigenvalue weighted by Gasteiger charge is -2.17. The molecular formula is C13H18N2O2. The summed E-state index contributed by atoms with van der Waals surface area (Å²) in [5, 5.41) is 0. The number of hydrogen-bond donors (Lipinski definition) is 2. The second-order valence-electron chi connectivity index (χ2n) is 4.83. The van der Waals surface area contributed by atoms with Gasteiger partial charge in [0.15, 0.2) is 0 Å². The van der Waals surface area contributed by atoms with Crippen LogP contribution in [0.15, 0.2) is 18.2 Å². The summed E-state index contributed by atoms with van der Waals surface area (Å²) in [7, 11) is 0. The Bertz CT molecular complexity index is 380. The Kier molecular flexibility index (Phi) is 2.88. The third kappa shape index (κ3) is 2.66. The lowest BCUT2D eigenvalue weighted by atomic mass is 9.93. The van der Waals surface area contributed by atoms with Crippen LogP contribution in [0.4, 0.5) is 0 Å². The number of epoxide rings is 2. The van der Waals surface area contributed by atoms with Crippen molar-refractivity contribution in [1.29, 1.82) is 0 Å². The van der Waals surface area contributed by atoms with Gasteiger partial charge < -0.3 is 20.9 Å². The van der Waals surface area contributed by atoms with Crippen molar-refractivity contribution in [3.63, 3.8) is 0 Å². The number of benzene rings is 1. The predicted molar refractivity (Wildman–Crippen MR) is 64.4 cm³/mol. The Morgan fingerprint density at radius 2 is 1.53 bits per heavy atom. The minimum atomic E-state index is -0.418. The van der Waals surface area contributed by atoms with Crippen LogP contribution in [0.2, 0.25) is 0 Å². The fourth-order valence-corrected chi connectivity index (χ4v) is 2.31. The zero-order valence-corrected chi connectivity index (χ0v) is 9.76. The van der Waals surface area contributed by atoms with Crippen molar-refractivity contribution < 1.29 is 9.47 Å². The van der Waals surface area contributed by atoms with Crippen LogP contribution >= 0.6 is 0 Å². The summed E-state index contributed by atoms with van der Waals surface area (Å²) in [4.78, 5) is 0. The molecule has 2 aliphatic heterocycles. The highest BCUT2D eigenvalue weighted by Crippen LogP contribution is 2.27. The Balaban J connectivity index is 1.88. The Hall–Kier alpha value is -0.940. The highest BCUT2D eigenvalue weighted by atomic mass is 16.6. The van der Waals surface area contributed by atoms with Crippen LogP contribution in [0.25, 0.3) is 0 Å². The van der Waals surface area contributed by atoms with Crippen LogP contribution in [0, 0.1) is 0 Å². The third-order valence-electron chi connectivity index (χ3n) is 3.32. The normalized spacial score (nSPS) is 26.3. The van der Waals surface area contributed by atoms with E-state index in [1.807, 2.05) is 0 Å². The molecule has 1 aromatic rings. The molecule has 0 bridgehead atoms. The molecule has 4 N–H and O–H groups in total. The monoisotopic (exact) mass is 234 g/mol. The molecule has 92 valence electrons. The molecule has 2 atom stereocenters. The summed E-state index contributed by atoms with van der Waals surface area (Å²) in [5.41, 5.74) is 15.3. The first kappa shape index (κ1) is 11.2. The molecule has 0 aromatic heterocycles. The minimum absolute atomic E-state index is 0.361. The predicted octanol–water partition coefficient (Wildman–Crippen LogP) is 0.485. The number of nitrogens with two attached hydrogens (primary N) is 2. The summed E-state index contributed by atoms with van der Waals surface area (Å²) < 4.78 is 10.5. The molecule has 3 rings (SSSR count). The van der Waals surface area contributed by atoms with Crippen molar-refractivity contribution in [3.8, 4) is 0 Å². The number of rotatable bonds is 5. The molecule has 1 aromatic carbocycles. The van der Waals surface area contributed by atoms with Gasteiger partial charge in [-0.15, -0.1) is 0 Å². The van der Waals surface area contributed by atoms with E-state index in [2.05, 4.69) is 18.2 Å². The van der Waals surface area contributed by atoms with Crippen LogP contribution in [-0.4, -0.2) is 25.4 Å². The first-order valence-electron chi connectivity index (χ1n) is 6.09. The average molecular weight is 234 g/mol. The van der Waals surface area contributed by atoms with Crippen molar-refractivity contribution in [1.82, 2.24) is 0 Å². The Labute approximate surface area is 101 Å². The largest absolute Gasteiger partial charge is 0.373 e. The molecule has 4 nitrogen and oxygen atoms in total. The van der Waals surface area contributed by atoms with Gasteiger partial charge in [-0.05, 0) is 16.7 Å². The van der Waals surface area contributed by atoms with E-state index in [4.69, 9.17) is 20.9 Å². The molecule has 0 aliphatic carbocycles. The fraction of sp³-hybridized carbons (Fsp3) is 0.538. The summed E-state index contributed by atoms with van der Waals surface area (Å²) in [6.07, 6.45) is 2.14. The standard InChI is InChI=1S/C13H18N2O2/c14-13(15)12-8(4-10-6-16-10)2-1-3-9(12)5-11-7-17-11/h1-3,10-11,13H,4-7,14-15H2. The molecule has 0 spiro atoms. The van der Waals surface area contributed by atoms with E-state index in [0.717, 1.165) is 31.6 Å². The number of ether oxygens (including phenoxy) is 2. The lowest BCUT2D eigenvalue weighted by Crippen LogP contribution is -2.24. The molecular weight excluding hydrogens is 216 g/mol. The Morgan fingerprint density at radius 3 is 1.88 bits per heavy atom. The van der Waals surface area contributed by atoms with Crippen LogP contribution in [0.5, 0.6) is 0 Å². The highest BCUT2D eigenvalue weighted by Gasteiger charge is 2.28. The van der Waals surface area contributed by atoms with Gasteiger partial charge in [0.1, 0.15) is 0 Å². The van der Waals surface area contributed by atoms with Crippen molar-refractivity contribution in [3.05, 3.63) is 34.9 Å². The van der Waals surface area contributed by atoms with E-state index in [-0.39, 0.29) is 0 Å². The van der Waals surface area contributed by atoms with Crippen molar-refractivity contribution >= 4 is 0 Å². The zero-order chi connectivity index (χ0) is 11.8. The van der Waals surface area contributed by atoms with Crippen LogP contribution in [0.3, 0.4) is 0 Å². The van der Waals surface area contributed by atoms with E-state index in [9.17, 15) is 0 Å². The van der Waals surface area contributed by atoms with E-state index >= 15 is 0 Å². The van der Waals surface area contributed by atoms with Crippen LogP contribution < -0.4 is 11.5 Å². The van der Waals surface area contributed by atoms with Gasteiger partial charge in [0, 0.05) is 12.8 Å². The second-order valence-corrected chi connectivity index (χ2v) is 4.83. The fourth-order valence-electron chi connectivity index (χ4n) is 2.31. The van der Waals surface area contributed by atoms with Crippen molar-refractivity contribution in [2.24, 2.45) is 11.5 Å². The van der Waals surface area contributed by atoms with Gasteiger partial charge in [0.05, 0.1) is 31.6 Å². The van der Waals surface area contributed by atoms with Crippen LogP contribution in [0.1, 0.15) is 22.9 Å². The molecule has 4 heteroatoms. The quantitative estimate of drug-likeness (QED) is 0.574. The number of hydrogen-bond acceptors (Lipinski definition) is 4. The Morgan fingerprint density at radius 1 is 1.06 bits per heavy atom. The SMILES string of the molecule is NC(N)c1c(CC2CO2)cccc1CC1CO1. The summed E-state index contributed by atoms with van der Waals surface area (Å²) in [5.74, 6) is 0. The topological polar surface area (TPSA) is 77.1 Å². The van der Waals surface area contributed by atoms with Crippen LogP contribution in [-0.2, 0) is 22.3 Å². The molecule has 2 unspecified atom stereocenters. The molecule has 2 fully saturated rings. The molecule has 0 radical (unpaired) electrons. The summed E-state index contributed by atoms with van der Waals surface area (Å²) >= 11 is 0. The molecule has 0 saturated carbocycles. The van der Waals surface area contributed by atoms with E-state index in [1.54, 1.807) is 0 Å². The van der Waals surface area contributed by atoms with Gasteiger partial charge in [-0.2, -0.15) is 0 Å². The van der Waals surface area contributed by atoms with E-state index < -0.39 is 6.17 Å². The maximum Gasteiger partial charge on any atom is 0.0850 e. The van der Waals surface area contributed by atoms with Gasteiger partial charge in [-0.25, -0.2) is 0 Å². The van der Waals surface area contributed by atoms with Gasteiger partial charge in [-0.1, -0.05) is 18.2 Å². The molecule has 17 heavy (non-hydrogen) atoms. The first-order chi connectivity index (χ1) is 8.24. The van der Waals surface area contributed by atoms with Gasteiger partial charge in [0.2, 0.25) is 0 Å². The molecule has 2 saturated heterocycles. The molecule has 0 amide bonds. The average Bonchev–Trinajstić information content (AvgIpc) is 3.12. The van der Waals surface area contributed by atoms with E-state index in [0.29, 0.717) is 12.2 Å².